The van der Waals surface area contributed by atoms with Crippen molar-refractivity contribution in [2.75, 3.05) is 13.3 Å². The van der Waals surface area contributed by atoms with Crippen LogP contribution in [0.5, 0.6) is 0 Å². The molecule has 0 aromatic carbocycles. The topological polar surface area (TPSA) is 29.5 Å². The Labute approximate surface area is 92.0 Å². The maximum absolute atomic E-state index is 11.6. The van der Waals surface area contributed by atoms with Gasteiger partial charge < -0.3 is 9.64 Å². The van der Waals surface area contributed by atoms with Crippen LogP contribution < -0.4 is 0 Å². The van der Waals surface area contributed by atoms with Gasteiger partial charge in [-0.15, -0.1) is 0 Å². The normalized spacial score (nSPS) is 25.3. The van der Waals surface area contributed by atoms with Gasteiger partial charge >= 0.3 is 0 Å². The van der Waals surface area contributed by atoms with Crippen molar-refractivity contribution in [3.63, 3.8) is 0 Å². The Morgan fingerprint density at radius 2 is 2.47 bits per heavy atom. The number of hydrogen-bond donors (Lipinski definition) is 0. The first-order valence-electron chi connectivity index (χ1n) is 4.96. The highest BCUT2D eigenvalue weighted by Gasteiger charge is 2.33. The van der Waals surface area contributed by atoms with Gasteiger partial charge in [0.05, 0.1) is 18.3 Å². The Bertz CT molecular complexity index is 410. The van der Waals surface area contributed by atoms with Crippen LogP contribution in [-0.2, 0) is 9.53 Å². The van der Waals surface area contributed by atoms with Crippen molar-refractivity contribution in [3.8, 4) is 0 Å². The molecular formula is C11H11NO2S. The summed E-state index contributed by atoms with van der Waals surface area (Å²) in [5.41, 5.74) is 2.15. The number of nitrogens with zero attached hydrogens (tertiary/aromatic N) is 1. The third-order valence-corrected chi connectivity index (χ3v) is 3.53. The molecule has 1 fully saturated rings. The molecule has 1 aromatic rings. The highest BCUT2D eigenvalue weighted by molar-refractivity contribution is 7.08. The lowest BCUT2D eigenvalue weighted by molar-refractivity contribution is -0.115. The van der Waals surface area contributed by atoms with Crippen LogP contribution in [0.1, 0.15) is 12.0 Å². The lowest BCUT2D eigenvalue weighted by atomic mass is 10.0. The van der Waals surface area contributed by atoms with Gasteiger partial charge in [0.15, 0.2) is 5.78 Å². The van der Waals surface area contributed by atoms with Gasteiger partial charge in [0, 0.05) is 23.4 Å². The molecule has 1 atom stereocenters. The molecule has 78 valence electrons. The van der Waals surface area contributed by atoms with E-state index in [0.29, 0.717) is 19.8 Å². The number of fused-ring (bicyclic) bond motifs is 1. The number of carbonyl (C=O) groups is 1. The largest absolute Gasteiger partial charge is 0.359 e. The smallest absolute Gasteiger partial charge is 0.159 e. The van der Waals surface area contributed by atoms with Gasteiger partial charge in [0.25, 0.3) is 0 Å². The van der Waals surface area contributed by atoms with Crippen molar-refractivity contribution in [1.29, 1.82) is 0 Å². The summed E-state index contributed by atoms with van der Waals surface area (Å²) < 4.78 is 5.40. The summed E-state index contributed by atoms with van der Waals surface area (Å²) in [7, 11) is 0. The van der Waals surface area contributed by atoms with E-state index in [-0.39, 0.29) is 11.8 Å². The molecule has 3 rings (SSSR count). The Balaban J connectivity index is 2.01. The molecule has 0 radical (unpaired) electrons. The Hall–Kier alpha value is -1.13. The second-order valence-electron chi connectivity index (χ2n) is 3.84. The number of carbonyl (C=O) groups excluding carboxylic acids is 1. The van der Waals surface area contributed by atoms with E-state index in [4.69, 9.17) is 4.74 Å². The summed E-state index contributed by atoms with van der Waals surface area (Å²) in [5.74, 6) is 0.211. The van der Waals surface area contributed by atoms with E-state index < -0.39 is 0 Å². The summed E-state index contributed by atoms with van der Waals surface area (Å²) in [6, 6.07) is 2.29. The fraction of sp³-hybridized carbons (Fsp3) is 0.364. The van der Waals surface area contributed by atoms with Crippen molar-refractivity contribution in [3.05, 3.63) is 28.5 Å². The van der Waals surface area contributed by atoms with Gasteiger partial charge in [-0.25, -0.2) is 0 Å². The quantitative estimate of drug-likeness (QED) is 0.723. The van der Waals surface area contributed by atoms with Crippen molar-refractivity contribution >= 4 is 22.8 Å². The molecule has 2 aliphatic rings. The monoisotopic (exact) mass is 221 g/mol. The number of allylic oxidation sites excluding steroid dienone is 1. The average Bonchev–Trinajstić information content (AvgIpc) is 2.86. The Kier molecular flexibility index (Phi) is 2.11. The first-order valence-corrected chi connectivity index (χ1v) is 5.90. The summed E-state index contributed by atoms with van der Waals surface area (Å²) in [4.78, 5) is 13.7. The highest BCUT2D eigenvalue weighted by atomic mass is 32.1. The molecule has 2 aliphatic heterocycles. The summed E-state index contributed by atoms with van der Waals surface area (Å²) in [5, 5.41) is 4.10. The molecule has 0 unspecified atom stereocenters. The number of ketones is 1. The zero-order valence-electron chi connectivity index (χ0n) is 8.18. The lowest BCUT2D eigenvalue weighted by Gasteiger charge is -2.29. The average molecular weight is 221 g/mol. The SMILES string of the molecule is O=C1C=C(c2ccsc2)N2COC[C@@H]2C1. The van der Waals surface area contributed by atoms with Gasteiger partial charge in [-0.1, -0.05) is 0 Å². The summed E-state index contributed by atoms with van der Waals surface area (Å²) >= 11 is 1.65. The number of hydrogen-bond acceptors (Lipinski definition) is 4. The molecule has 3 nitrogen and oxygen atoms in total. The Morgan fingerprint density at radius 3 is 3.27 bits per heavy atom. The van der Waals surface area contributed by atoms with Crippen LogP contribution in [-0.4, -0.2) is 30.1 Å². The van der Waals surface area contributed by atoms with Crippen LogP contribution in [0.4, 0.5) is 0 Å². The third kappa shape index (κ3) is 1.50. The Morgan fingerprint density at radius 1 is 1.53 bits per heavy atom. The summed E-state index contributed by atoms with van der Waals surface area (Å²) in [6.45, 7) is 1.28. The standard InChI is InChI=1S/C11H11NO2S/c13-10-3-9-5-14-7-12(9)11(4-10)8-1-2-15-6-8/h1-2,4,6,9H,3,5,7H2/t9-/m0/s1. The summed E-state index contributed by atoms with van der Waals surface area (Å²) in [6.07, 6.45) is 2.33. The first kappa shape index (κ1) is 9.12. The number of rotatable bonds is 1. The van der Waals surface area contributed by atoms with E-state index in [1.165, 1.54) is 0 Å². The van der Waals surface area contributed by atoms with Crippen LogP contribution >= 0.6 is 11.3 Å². The fourth-order valence-electron chi connectivity index (χ4n) is 2.10. The molecule has 0 N–H and O–H groups in total. The van der Waals surface area contributed by atoms with Crippen molar-refractivity contribution in [2.24, 2.45) is 0 Å². The van der Waals surface area contributed by atoms with Crippen LogP contribution in [0.25, 0.3) is 5.70 Å². The third-order valence-electron chi connectivity index (χ3n) is 2.84. The fourth-order valence-corrected chi connectivity index (χ4v) is 2.75. The molecule has 1 aromatic heterocycles. The van der Waals surface area contributed by atoms with Crippen LogP contribution in [0.2, 0.25) is 0 Å². The van der Waals surface area contributed by atoms with Gasteiger partial charge in [-0.3, -0.25) is 4.79 Å². The predicted molar refractivity (Wildman–Crippen MR) is 58.4 cm³/mol. The highest BCUT2D eigenvalue weighted by Crippen LogP contribution is 2.31. The van der Waals surface area contributed by atoms with E-state index >= 15 is 0 Å². The zero-order valence-corrected chi connectivity index (χ0v) is 9.00. The molecule has 0 saturated carbocycles. The number of thiophene rings is 1. The minimum atomic E-state index is 0.211. The van der Waals surface area contributed by atoms with Gasteiger partial charge in [0.1, 0.15) is 6.73 Å². The van der Waals surface area contributed by atoms with E-state index in [1.807, 2.05) is 11.4 Å². The minimum Gasteiger partial charge on any atom is -0.359 e. The molecule has 1 saturated heterocycles. The molecule has 0 bridgehead atoms. The molecule has 0 amide bonds. The van der Waals surface area contributed by atoms with Crippen LogP contribution in [0.3, 0.4) is 0 Å². The van der Waals surface area contributed by atoms with E-state index in [2.05, 4.69) is 10.3 Å². The van der Waals surface area contributed by atoms with Crippen molar-refractivity contribution in [1.82, 2.24) is 4.90 Å². The maximum Gasteiger partial charge on any atom is 0.159 e. The van der Waals surface area contributed by atoms with Gasteiger partial charge in [0.2, 0.25) is 0 Å². The first-order chi connectivity index (χ1) is 7.34. The molecule has 3 heterocycles. The molecule has 15 heavy (non-hydrogen) atoms. The molecule has 0 aliphatic carbocycles. The maximum atomic E-state index is 11.6. The van der Waals surface area contributed by atoms with Crippen molar-refractivity contribution < 1.29 is 9.53 Å². The second kappa shape index (κ2) is 3.47. The predicted octanol–water partition coefficient (Wildman–Crippen LogP) is 1.72. The zero-order chi connectivity index (χ0) is 10.3. The van der Waals surface area contributed by atoms with Gasteiger partial charge in [-0.2, -0.15) is 11.3 Å². The molecule has 0 spiro atoms. The lowest BCUT2D eigenvalue weighted by Crippen LogP contribution is -2.35. The van der Waals surface area contributed by atoms with Crippen molar-refractivity contribution in [2.45, 2.75) is 12.5 Å². The van der Waals surface area contributed by atoms with Crippen LogP contribution in [0.15, 0.2) is 22.9 Å². The van der Waals surface area contributed by atoms with Crippen LogP contribution in [0, 0.1) is 0 Å². The minimum absolute atomic E-state index is 0.211. The van der Waals surface area contributed by atoms with Gasteiger partial charge in [-0.05, 0) is 11.4 Å². The molecular weight excluding hydrogens is 210 g/mol. The van der Waals surface area contributed by atoms with E-state index in [1.54, 1.807) is 17.4 Å². The molecule has 4 heteroatoms. The second-order valence-corrected chi connectivity index (χ2v) is 4.62. The van der Waals surface area contributed by atoms with E-state index in [0.717, 1.165) is 11.3 Å². The number of ether oxygens (including phenoxy) is 1. The van der Waals surface area contributed by atoms with E-state index in [9.17, 15) is 4.79 Å².